The van der Waals surface area contributed by atoms with Crippen molar-refractivity contribution in [3.8, 4) is 0 Å². The zero-order chi connectivity index (χ0) is 13.1. The van der Waals surface area contributed by atoms with Crippen LogP contribution in [-0.4, -0.2) is 31.6 Å². The van der Waals surface area contributed by atoms with Gasteiger partial charge >= 0.3 is 0 Å². The molecular formula is C14H19ClN2S. The fraction of sp³-hybridized carbons (Fsp3) is 0.429. The summed E-state index contributed by atoms with van der Waals surface area (Å²) in [7, 11) is 4.18. The standard InChI is InChI=1S/C14H19ClN2S/c1-10(9-17(2)3)16-8-13-14(15)11-6-4-5-7-12(11)18-13/h4-7,10,16H,8-9H2,1-3H3. The van der Waals surface area contributed by atoms with Crippen LogP contribution in [0.5, 0.6) is 0 Å². The zero-order valence-corrected chi connectivity index (χ0v) is 12.6. The summed E-state index contributed by atoms with van der Waals surface area (Å²) >= 11 is 8.18. The second-order valence-electron chi connectivity index (χ2n) is 4.88. The van der Waals surface area contributed by atoms with Crippen LogP contribution >= 0.6 is 22.9 Å². The Kier molecular flexibility index (Phi) is 4.62. The van der Waals surface area contributed by atoms with Crippen molar-refractivity contribution >= 4 is 33.0 Å². The maximum absolute atomic E-state index is 6.41. The van der Waals surface area contributed by atoms with E-state index < -0.39 is 0 Å². The highest BCUT2D eigenvalue weighted by atomic mass is 35.5. The van der Waals surface area contributed by atoms with Gasteiger partial charge in [-0.2, -0.15) is 0 Å². The molecule has 0 radical (unpaired) electrons. The van der Waals surface area contributed by atoms with Crippen molar-refractivity contribution in [1.29, 1.82) is 0 Å². The Hall–Kier alpha value is -0.610. The van der Waals surface area contributed by atoms with Gasteiger partial charge in [0.1, 0.15) is 0 Å². The number of nitrogens with zero attached hydrogens (tertiary/aromatic N) is 1. The summed E-state index contributed by atoms with van der Waals surface area (Å²) in [5.41, 5.74) is 0. The van der Waals surface area contributed by atoms with E-state index in [1.165, 1.54) is 15.0 Å². The molecule has 0 amide bonds. The molecule has 1 N–H and O–H groups in total. The lowest BCUT2D eigenvalue weighted by Crippen LogP contribution is -2.35. The second kappa shape index (κ2) is 6.02. The lowest BCUT2D eigenvalue weighted by atomic mass is 10.2. The lowest BCUT2D eigenvalue weighted by Gasteiger charge is -2.17. The van der Waals surface area contributed by atoms with Crippen molar-refractivity contribution in [1.82, 2.24) is 10.2 Å². The molecule has 0 bridgehead atoms. The summed E-state index contributed by atoms with van der Waals surface area (Å²) < 4.78 is 1.26. The minimum Gasteiger partial charge on any atom is -0.308 e. The van der Waals surface area contributed by atoms with Crippen molar-refractivity contribution in [2.45, 2.75) is 19.5 Å². The molecule has 2 aromatic rings. The third-order valence-corrected chi connectivity index (χ3v) is 4.57. The van der Waals surface area contributed by atoms with Gasteiger partial charge in [0.25, 0.3) is 0 Å². The monoisotopic (exact) mass is 282 g/mol. The number of thiophene rings is 1. The molecule has 1 atom stereocenters. The summed E-state index contributed by atoms with van der Waals surface area (Å²) in [5.74, 6) is 0. The quantitative estimate of drug-likeness (QED) is 0.901. The van der Waals surface area contributed by atoms with Gasteiger partial charge in [-0.3, -0.25) is 0 Å². The van der Waals surface area contributed by atoms with E-state index in [0.29, 0.717) is 6.04 Å². The second-order valence-corrected chi connectivity index (χ2v) is 6.39. The van der Waals surface area contributed by atoms with Crippen LogP contribution < -0.4 is 5.32 Å². The normalized spacial score (nSPS) is 13.4. The molecule has 0 aliphatic heterocycles. The van der Waals surface area contributed by atoms with Gasteiger partial charge in [-0.1, -0.05) is 29.8 Å². The molecule has 0 saturated heterocycles. The minimum absolute atomic E-state index is 0.460. The van der Waals surface area contributed by atoms with Crippen LogP contribution in [0.2, 0.25) is 5.02 Å². The third kappa shape index (κ3) is 3.23. The fourth-order valence-electron chi connectivity index (χ4n) is 2.06. The van der Waals surface area contributed by atoms with E-state index in [1.54, 1.807) is 11.3 Å². The number of hydrogen-bond acceptors (Lipinski definition) is 3. The van der Waals surface area contributed by atoms with Gasteiger partial charge in [0, 0.05) is 34.1 Å². The van der Waals surface area contributed by atoms with E-state index in [9.17, 15) is 0 Å². The molecule has 0 saturated carbocycles. The lowest BCUT2D eigenvalue weighted by molar-refractivity contribution is 0.349. The first-order valence-corrected chi connectivity index (χ1v) is 7.31. The predicted molar refractivity (Wildman–Crippen MR) is 81.7 cm³/mol. The molecule has 0 fully saturated rings. The summed E-state index contributed by atoms with van der Waals surface area (Å²) in [5, 5.41) is 5.59. The van der Waals surface area contributed by atoms with Gasteiger partial charge < -0.3 is 10.2 Å². The van der Waals surface area contributed by atoms with Gasteiger partial charge in [-0.05, 0) is 27.1 Å². The van der Waals surface area contributed by atoms with Gasteiger partial charge in [-0.25, -0.2) is 0 Å². The van der Waals surface area contributed by atoms with Gasteiger partial charge in [0.05, 0.1) is 5.02 Å². The van der Waals surface area contributed by atoms with Gasteiger partial charge in [0.15, 0.2) is 0 Å². The van der Waals surface area contributed by atoms with Crippen LogP contribution in [-0.2, 0) is 6.54 Å². The molecule has 1 heterocycles. The molecule has 1 unspecified atom stereocenters. The molecule has 2 nitrogen and oxygen atoms in total. The number of hydrogen-bond donors (Lipinski definition) is 1. The molecule has 0 aliphatic carbocycles. The number of halogens is 1. The molecule has 4 heteroatoms. The molecule has 1 aromatic heterocycles. The Balaban J connectivity index is 2.06. The largest absolute Gasteiger partial charge is 0.308 e. The summed E-state index contributed by atoms with van der Waals surface area (Å²) in [4.78, 5) is 3.41. The highest BCUT2D eigenvalue weighted by Crippen LogP contribution is 2.34. The van der Waals surface area contributed by atoms with Gasteiger partial charge in [0.2, 0.25) is 0 Å². The fourth-order valence-corrected chi connectivity index (χ4v) is 3.51. The molecule has 18 heavy (non-hydrogen) atoms. The van der Waals surface area contributed by atoms with Crippen LogP contribution in [0.15, 0.2) is 24.3 Å². The molecule has 98 valence electrons. The van der Waals surface area contributed by atoms with Crippen molar-refractivity contribution < 1.29 is 0 Å². The molecule has 2 rings (SSSR count). The van der Waals surface area contributed by atoms with E-state index >= 15 is 0 Å². The average molecular weight is 283 g/mol. The molecule has 0 aliphatic rings. The predicted octanol–water partition coefficient (Wildman–Crippen LogP) is 3.59. The van der Waals surface area contributed by atoms with E-state index in [0.717, 1.165) is 18.1 Å². The highest BCUT2D eigenvalue weighted by Gasteiger charge is 2.10. The zero-order valence-electron chi connectivity index (χ0n) is 11.0. The Morgan fingerprint density at radius 1 is 1.33 bits per heavy atom. The smallest absolute Gasteiger partial charge is 0.0636 e. The van der Waals surface area contributed by atoms with Crippen molar-refractivity contribution in [3.05, 3.63) is 34.2 Å². The Bertz CT molecular complexity index is 521. The molecule has 1 aromatic carbocycles. The van der Waals surface area contributed by atoms with E-state index in [-0.39, 0.29) is 0 Å². The summed E-state index contributed by atoms with van der Waals surface area (Å²) in [6.45, 7) is 4.07. The number of fused-ring (bicyclic) bond motifs is 1. The molecular weight excluding hydrogens is 264 g/mol. The van der Waals surface area contributed by atoms with Crippen molar-refractivity contribution in [2.24, 2.45) is 0 Å². The Labute approximate surface area is 118 Å². The Morgan fingerprint density at radius 2 is 2.06 bits per heavy atom. The van der Waals surface area contributed by atoms with Crippen molar-refractivity contribution in [3.63, 3.8) is 0 Å². The van der Waals surface area contributed by atoms with Crippen LogP contribution in [0.3, 0.4) is 0 Å². The van der Waals surface area contributed by atoms with Crippen LogP contribution in [0, 0.1) is 0 Å². The SMILES string of the molecule is CC(CN(C)C)NCc1sc2ccccc2c1Cl. The van der Waals surface area contributed by atoms with E-state index in [1.807, 2.05) is 6.07 Å². The maximum Gasteiger partial charge on any atom is 0.0636 e. The van der Waals surface area contributed by atoms with E-state index in [4.69, 9.17) is 11.6 Å². The van der Waals surface area contributed by atoms with Crippen LogP contribution in [0.25, 0.3) is 10.1 Å². The van der Waals surface area contributed by atoms with Crippen molar-refractivity contribution in [2.75, 3.05) is 20.6 Å². The number of rotatable bonds is 5. The first-order valence-electron chi connectivity index (χ1n) is 6.12. The topological polar surface area (TPSA) is 15.3 Å². The van der Waals surface area contributed by atoms with Crippen LogP contribution in [0.1, 0.15) is 11.8 Å². The summed E-state index contributed by atoms with van der Waals surface area (Å²) in [6.07, 6.45) is 0. The third-order valence-electron chi connectivity index (χ3n) is 2.85. The Morgan fingerprint density at radius 3 is 2.72 bits per heavy atom. The number of benzene rings is 1. The summed E-state index contributed by atoms with van der Waals surface area (Å²) in [6, 6.07) is 8.76. The molecule has 0 spiro atoms. The first-order chi connectivity index (χ1) is 8.58. The number of likely N-dealkylation sites (N-methyl/N-ethyl adjacent to an activating group) is 1. The van der Waals surface area contributed by atoms with E-state index in [2.05, 4.69) is 49.4 Å². The highest BCUT2D eigenvalue weighted by molar-refractivity contribution is 7.19. The van der Waals surface area contributed by atoms with Gasteiger partial charge in [-0.15, -0.1) is 11.3 Å². The average Bonchev–Trinajstić information content (AvgIpc) is 2.64. The maximum atomic E-state index is 6.41. The minimum atomic E-state index is 0.460. The number of nitrogens with one attached hydrogen (secondary N) is 1. The van der Waals surface area contributed by atoms with Crippen LogP contribution in [0.4, 0.5) is 0 Å². The first kappa shape index (κ1) is 13.8.